The van der Waals surface area contributed by atoms with Gasteiger partial charge in [0.05, 0.1) is 16.0 Å². The van der Waals surface area contributed by atoms with Crippen molar-refractivity contribution in [1.29, 1.82) is 0 Å². The maximum Gasteiger partial charge on any atom is 0.269 e. The van der Waals surface area contributed by atoms with Crippen molar-refractivity contribution in [1.82, 2.24) is 9.55 Å². The van der Waals surface area contributed by atoms with Crippen LogP contribution in [0.5, 0.6) is 0 Å². The highest BCUT2D eigenvalue weighted by atomic mass is 32.2. The van der Waals surface area contributed by atoms with E-state index in [2.05, 4.69) is 0 Å². The highest BCUT2D eigenvalue weighted by Crippen LogP contribution is 2.37. The summed E-state index contributed by atoms with van der Waals surface area (Å²) < 4.78 is 1.66. The van der Waals surface area contributed by atoms with E-state index in [1.165, 1.54) is 35.2 Å². The number of nitro groups is 1. The van der Waals surface area contributed by atoms with Crippen LogP contribution in [-0.4, -0.2) is 14.5 Å². The van der Waals surface area contributed by atoms with Gasteiger partial charge in [-0.25, -0.2) is 4.98 Å². The van der Waals surface area contributed by atoms with E-state index in [1.54, 1.807) is 16.7 Å². The summed E-state index contributed by atoms with van der Waals surface area (Å²) in [7, 11) is 0. The Morgan fingerprint density at radius 3 is 2.26 bits per heavy atom. The molecule has 0 unspecified atom stereocenters. The molecule has 2 aromatic heterocycles. The summed E-state index contributed by atoms with van der Waals surface area (Å²) >= 11 is 2.96. The smallest absolute Gasteiger partial charge is 0.268 e. The fourth-order valence-corrected chi connectivity index (χ4v) is 5.91. The first-order chi connectivity index (χ1) is 16.5. The molecule has 0 radical (unpaired) electrons. The highest BCUT2D eigenvalue weighted by molar-refractivity contribution is 7.98. The van der Waals surface area contributed by atoms with Gasteiger partial charge in [-0.15, -0.1) is 11.3 Å². The Hall–Kier alpha value is -3.75. The predicted molar refractivity (Wildman–Crippen MR) is 138 cm³/mol. The Balaban J connectivity index is 1.64. The fraction of sp³-hybridized carbons (Fsp3) is 0.0769. The van der Waals surface area contributed by atoms with E-state index in [1.807, 2.05) is 67.6 Å². The van der Waals surface area contributed by atoms with Gasteiger partial charge in [0, 0.05) is 28.3 Å². The van der Waals surface area contributed by atoms with E-state index in [0.29, 0.717) is 21.1 Å². The van der Waals surface area contributed by atoms with Crippen LogP contribution in [0.4, 0.5) is 5.69 Å². The number of fused-ring (bicyclic) bond motifs is 1. The van der Waals surface area contributed by atoms with Gasteiger partial charge in [0.25, 0.3) is 11.2 Å². The number of hydrogen-bond acceptors (Lipinski definition) is 6. The summed E-state index contributed by atoms with van der Waals surface area (Å²) in [4.78, 5) is 31.1. The zero-order chi connectivity index (χ0) is 23.7. The maximum atomic E-state index is 13.9. The molecule has 8 heteroatoms. The number of non-ortho nitro benzene ring substituents is 1. The molecular formula is C26H19N3O3S2. The van der Waals surface area contributed by atoms with E-state index >= 15 is 0 Å². The zero-order valence-corrected chi connectivity index (χ0v) is 19.8. The van der Waals surface area contributed by atoms with Crippen LogP contribution in [0.25, 0.3) is 27.0 Å². The van der Waals surface area contributed by atoms with E-state index < -0.39 is 4.92 Å². The Morgan fingerprint density at radius 1 is 0.971 bits per heavy atom. The summed E-state index contributed by atoms with van der Waals surface area (Å²) in [5.41, 5.74) is 3.53. The van der Waals surface area contributed by atoms with E-state index in [9.17, 15) is 14.9 Å². The Labute approximate surface area is 203 Å². The molecule has 0 aliphatic rings. The van der Waals surface area contributed by atoms with Crippen molar-refractivity contribution in [2.24, 2.45) is 0 Å². The molecule has 168 valence electrons. The number of para-hydroxylation sites is 1. The minimum Gasteiger partial charge on any atom is -0.268 e. The molecule has 0 atom stereocenters. The molecule has 2 heterocycles. The Bertz CT molecular complexity index is 1540. The second-order valence-corrected chi connectivity index (χ2v) is 9.81. The first-order valence-corrected chi connectivity index (χ1v) is 12.4. The molecule has 0 N–H and O–H groups in total. The largest absolute Gasteiger partial charge is 0.269 e. The van der Waals surface area contributed by atoms with E-state index in [0.717, 1.165) is 27.3 Å². The van der Waals surface area contributed by atoms with Crippen molar-refractivity contribution < 1.29 is 4.92 Å². The Morgan fingerprint density at radius 2 is 1.62 bits per heavy atom. The van der Waals surface area contributed by atoms with Crippen molar-refractivity contribution in [3.8, 4) is 16.8 Å². The molecule has 0 spiro atoms. The number of aromatic nitrogens is 2. The lowest BCUT2D eigenvalue weighted by Gasteiger charge is -2.13. The number of benzene rings is 3. The van der Waals surface area contributed by atoms with E-state index in [4.69, 9.17) is 4.98 Å². The van der Waals surface area contributed by atoms with Crippen molar-refractivity contribution >= 4 is 39.0 Å². The molecule has 3 aromatic carbocycles. The van der Waals surface area contributed by atoms with Crippen LogP contribution in [0.2, 0.25) is 0 Å². The highest BCUT2D eigenvalue weighted by Gasteiger charge is 2.21. The zero-order valence-electron chi connectivity index (χ0n) is 18.2. The first-order valence-electron chi connectivity index (χ1n) is 10.6. The van der Waals surface area contributed by atoms with Crippen LogP contribution in [-0.2, 0) is 5.75 Å². The Kier molecular flexibility index (Phi) is 6.00. The molecule has 0 aliphatic carbocycles. The van der Waals surface area contributed by atoms with Gasteiger partial charge in [0.2, 0.25) is 0 Å². The number of aryl methyl sites for hydroxylation is 1. The summed E-state index contributed by atoms with van der Waals surface area (Å²) in [5.74, 6) is 0.526. The molecular weight excluding hydrogens is 466 g/mol. The monoisotopic (exact) mass is 485 g/mol. The van der Waals surface area contributed by atoms with Gasteiger partial charge in [0.15, 0.2) is 5.16 Å². The third-order valence-corrected chi connectivity index (χ3v) is 7.47. The van der Waals surface area contributed by atoms with Crippen LogP contribution in [0.1, 0.15) is 10.4 Å². The second-order valence-electron chi connectivity index (χ2n) is 7.66. The number of nitrogens with zero attached hydrogens (tertiary/aromatic N) is 3. The van der Waals surface area contributed by atoms with Gasteiger partial charge in [-0.1, -0.05) is 72.4 Å². The van der Waals surface area contributed by atoms with Crippen molar-refractivity contribution in [3.63, 3.8) is 0 Å². The lowest BCUT2D eigenvalue weighted by molar-refractivity contribution is -0.384. The molecule has 0 saturated carbocycles. The van der Waals surface area contributed by atoms with Crippen LogP contribution < -0.4 is 5.56 Å². The van der Waals surface area contributed by atoms with Crippen molar-refractivity contribution in [2.75, 3.05) is 0 Å². The van der Waals surface area contributed by atoms with Gasteiger partial charge in [-0.05, 0) is 30.2 Å². The first kappa shape index (κ1) is 22.1. The van der Waals surface area contributed by atoms with Gasteiger partial charge in [-0.2, -0.15) is 0 Å². The van der Waals surface area contributed by atoms with Gasteiger partial charge < -0.3 is 0 Å². The fourth-order valence-electron chi connectivity index (χ4n) is 3.86. The van der Waals surface area contributed by atoms with Crippen LogP contribution in [0.15, 0.2) is 94.9 Å². The minimum absolute atomic E-state index is 0.0528. The number of hydrogen-bond donors (Lipinski definition) is 0. The molecule has 5 aromatic rings. The average molecular weight is 486 g/mol. The average Bonchev–Trinajstić information content (AvgIpc) is 3.20. The topological polar surface area (TPSA) is 78.0 Å². The third-order valence-electron chi connectivity index (χ3n) is 5.46. The summed E-state index contributed by atoms with van der Waals surface area (Å²) in [6.07, 6.45) is 0. The molecule has 0 amide bonds. The van der Waals surface area contributed by atoms with E-state index in [-0.39, 0.29) is 11.2 Å². The molecule has 0 saturated heterocycles. The molecule has 0 fully saturated rings. The molecule has 5 rings (SSSR count). The number of nitro benzene ring substituents is 1. The molecule has 6 nitrogen and oxygen atoms in total. The standard InChI is InChI=1S/C26H19N3O3S2/c1-17-22(19-8-4-2-5-9-19)23-24(34-17)27-26(28(25(23)30)20-10-6-3-7-11-20)33-16-18-12-14-21(15-13-18)29(31)32/h2-15H,16H2,1H3. The molecule has 0 aliphatic heterocycles. The van der Waals surface area contributed by atoms with Gasteiger partial charge in [0.1, 0.15) is 4.83 Å². The van der Waals surface area contributed by atoms with Crippen LogP contribution >= 0.6 is 23.1 Å². The predicted octanol–water partition coefficient (Wildman–Crippen LogP) is 6.62. The van der Waals surface area contributed by atoms with Crippen molar-refractivity contribution in [2.45, 2.75) is 17.8 Å². The second kappa shape index (κ2) is 9.24. The van der Waals surface area contributed by atoms with Crippen LogP contribution in [0, 0.1) is 17.0 Å². The summed E-state index contributed by atoms with van der Waals surface area (Å²) in [6.45, 7) is 2.02. The normalized spacial score (nSPS) is 11.1. The number of thioether (sulfide) groups is 1. The quantitative estimate of drug-likeness (QED) is 0.117. The SMILES string of the molecule is Cc1sc2nc(SCc3ccc([N+](=O)[O-])cc3)n(-c3ccccc3)c(=O)c2c1-c1ccccc1. The van der Waals surface area contributed by atoms with Crippen molar-refractivity contribution in [3.05, 3.63) is 116 Å². The van der Waals surface area contributed by atoms with Crippen LogP contribution in [0.3, 0.4) is 0 Å². The third kappa shape index (κ3) is 4.13. The lowest BCUT2D eigenvalue weighted by atomic mass is 10.0. The lowest BCUT2D eigenvalue weighted by Crippen LogP contribution is -2.21. The molecule has 34 heavy (non-hydrogen) atoms. The minimum atomic E-state index is -0.414. The summed E-state index contributed by atoms with van der Waals surface area (Å²) in [5, 5.41) is 12.1. The number of thiophene rings is 1. The van der Waals surface area contributed by atoms with Gasteiger partial charge >= 0.3 is 0 Å². The summed E-state index contributed by atoms with van der Waals surface area (Å²) in [6, 6.07) is 25.9. The number of rotatable bonds is 6. The molecule has 0 bridgehead atoms. The maximum absolute atomic E-state index is 13.9. The van der Waals surface area contributed by atoms with Gasteiger partial charge in [-0.3, -0.25) is 19.5 Å².